The zero-order valence-electron chi connectivity index (χ0n) is 7.30. The molecule has 3 rings (SSSR count). The van der Waals surface area contributed by atoms with Gasteiger partial charge in [-0.15, -0.1) is 0 Å². The predicted molar refractivity (Wildman–Crippen MR) is 42.5 cm³/mol. The van der Waals surface area contributed by atoms with E-state index in [1.54, 1.807) is 0 Å². The number of ether oxygens (including phenoxy) is 1. The average molecular weight is 170 g/mol. The van der Waals surface area contributed by atoms with Crippen molar-refractivity contribution in [2.75, 3.05) is 7.11 Å². The van der Waals surface area contributed by atoms with E-state index in [1.807, 2.05) is 0 Å². The molecule has 0 unspecified atom stereocenters. The van der Waals surface area contributed by atoms with Crippen LogP contribution in [0.3, 0.4) is 0 Å². The number of rotatable bonds is 1. The van der Waals surface area contributed by atoms with Gasteiger partial charge in [-0.3, -0.25) is 4.79 Å². The van der Waals surface area contributed by atoms with Gasteiger partial charge < -0.3 is 9.84 Å². The van der Waals surface area contributed by atoms with Crippen molar-refractivity contribution in [2.45, 2.75) is 37.7 Å². The Bertz CT molecular complexity index is 216. The number of fused-ring (bicyclic) bond motifs is 2. The fourth-order valence-corrected chi connectivity index (χ4v) is 2.78. The van der Waals surface area contributed by atoms with Gasteiger partial charge >= 0.3 is 5.97 Å². The average Bonchev–Trinajstić information content (AvgIpc) is 2.01. The summed E-state index contributed by atoms with van der Waals surface area (Å²) < 4.78 is 4.73. The van der Waals surface area contributed by atoms with E-state index in [9.17, 15) is 9.90 Å². The standard InChI is InChI=1S/C9H14O3/c1-12-7(10)8-3-2-4-9(11,5-8)6-8/h11H,2-6H2,1H3. The summed E-state index contributed by atoms with van der Waals surface area (Å²) in [6, 6.07) is 0. The van der Waals surface area contributed by atoms with Gasteiger partial charge in [0.2, 0.25) is 0 Å². The molecule has 3 fully saturated rings. The van der Waals surface area contributed by atoms with E-state index in [2.05, 4.69) is 0 Å². The Morgan fingerprint density at radius 3 is 2.58 bits per heavy atom. The molecule has 0 spiro atoms. The largest absolute Gasteiger partial charge is 0.469 e. The predicted octanol–water partition coefficient (Wildman–Crippen LogP) is 0.855. The van der Waals surface area contributed by atoms with Crippen LogP contribution >= 0.6 is 0 Å². The van der Waals surface area contributed by atoms with Crippen LogP contribution < -0.4 is 0 Å². The summed E-state index contributed by atoms with van der Waals surface area (Å²) in [7, 11) is 1.42. The van der Waals surface area contributed by atoms with Gasteiger partial charge in [0.15, 0.2) is 0 Å². The van der Waals surface area contributed by atoms with E-state index in [-0.39, 0.29) is 11.4 Å². The first kappa shape index (κ1) is 8.05. The van der Waals surface area contributed by atoms with Crippen LogP contribution in [0.15, 0.2) is 0 Å². The minimum atomic E-state index is -0.535. The SMILES string of the molecule is COC(=O)C12CCCC(O)(C1)C2. The highest BCUT2D eigenvalue weighted by Gasteiger charge is 2.61. The monoisotopic (exact) mass is 170 g/mol. The number of esters is 1. The first-order chi connectivity index (χ1) is 5.60. The van der Waals surface area contributed by atoms with Crippen LogP contribution in [0.4, 0.5) is 0 Å². The molecular weight excluding hydrogens is 156 g/mol. The molecular formula is C9H14O3. The zero-order chi connectivity index (χ0) is 8.82. The second-order valence-electron chi connectivity index (χ2n) is 4.20. The fourth-order valence-electron chi connectivity index (χ4n) is 2.78. The highest BCUT2D eigenvalue weighted by atomic mass is 16.5. The number of methoxy groups -OCH3 is 1. The van der Waals surface area contributed by atoms with Crippen molar-refractivity contribution in [2.24, 2.45) is 5.41 Å². The summed E-state index contributed by atoms with van der Waals surface area (Å²) >= 11 is 0. The lowest BCUT2D eigenvalue weighted by atomic mass is 9.51. The lowest BCUT2D eigenvalue weighted by molar-refractivity contribution is -0.199. The van der Waals surface area contributed by atoms with E-state index < -0.39 is 5.60 Å². The van der Waals surface area contributed by atoms with E-state index >= 15 is 0 Å². The molecule has 0 atom stereocenters. The van der Waals surface area contributed by atoms with Crippen LogP contribution in [0, 0.1) is 5.41 Å². The Kier molecular flexibility index (Phi) is 1.49. The Morgan fingerprint density at radius 2 is 2.08 bits per heavy atom. The molecule has 3 heteroatoms. The van der Waals surface area contributed by atoms with Crippen molar-refractivity contribution in [1.82, 2.24) is 0 Å². The molecule has 3 nitrogen and oxygen atoms in total. The molecule has 0 amide bonds. The number of hydrogen-bond acceptors (Lipinski definition) is 3. The summed E-state index contributed by atoms with van der Waals surface area (Å²) in [4.78, 5) is 11.3. The molecule has 3 saturated carbocycles. The summed E-state index contributed by atoms with van der Waals surface area (Å²) in [5.74, 6) is -0.133. The molecule has 0 aromatic carbocycles. The van der Waals surface area contributed by atoms with E-state index in [0.29, 0.717) is 12.8 Å². The van der Waals surface area contributed by atoms with E-state index in [1.165, 1.54) is 7.11 Å². The number of carbonyl (C=O) groups excluding carboxylic acids is 1. The quantitative estimate of drug-likeness (QED) is 0.593. The summed E-state index contributed by atoms with van der Waals surface area (Å²) in [5.41, 5.74) is -0.853. The number of hydrogen-bond donors (Lipinski definition) is 1. The van der Waals surface area contributed by atoms with Gasteiger partial charge in [0.25, 0.3) is 0 Å². The lowest BCUT2D eigenvalue weighted by Crippen LogP contribution is -2.59. The molecule has 1 N–H and O–H groups in total. The molecule has 3 aliphatic carbocycles. The normalized spacial score (nSPS) is 44.8. The van der Waals surface area contributed by atoms with Crippen molar-refractivity contribution < 1.29 is 14.6 Å². The maximum Gasteiger partial charge on any atom is 0.312 e. The van der Waals surface area contributed by atoms with Crippen LogP contribution in [0.1, 0.15) is 32.1 Å². The Balaban J connectivity index is 2.11. The molecule has 0 aromatic rings. The molecule has 0 saturated heterocycles. The Hall–Kier alpha value is -0.570. The van der Waals surface area contributed by atoms with Gasteiger partial charge in [0.05, 0.1) is 18.1 Å². The smallest absolute Gasteiger partial charge is 0.312 e. The van der Waals surface area contributed by atoms with Crippen LogP contribution in [-0.4, -0.2) is 23.8 Å². The topological polar surface area (TPSA) is 46.5 Å². The molecule has 2 bridgehead atoms. The van der Waals surface area contributed by atoms with Gasteiger partial charge in [0.1, 0.15) is 0 Å². The minimum absolute atomic E-state index is 0.133. The highest BCUT2D eigenvalue weighted by Crippen LogP contribution is 2.58. The van der Waals surface area contributed by atoms with Gasteiger partial charge in [-0.2, -0.15) is 0 Å². The summed E-state index contributed by atoms with van der Waals surface area (Å²) in [6.45, 7) is 0. The molecule has 12 heavy (non-hydrogen) atoms. The Labute approximate surface area is 71.7 Å². The van der Waals surface area contributed by atoms with Crippen LogP contribution in [0.25, 0.3) is 0 Å². The lowest BCUT2D eigenvalue weighted by Gasteiger charge is -2.55. The van der Waals surface area contributed by atoms with Crippen molar-refractivity contribution in [3.05, 3.63) is 0 Å². The fraction of sp³-hybridized carbons (Fsp3) is 0.889. The summed E-state index contributed by atoms with van der Waals surface area (Å²) in [5, 5.41) is 9.74. The third-order valence-corrected chi connectivity index (χ3v) is 3.25. The molecule has 0 radical (unpaired) electrons. The molecule has 0 heterocycles. The van der Waals surface area contributed by atoms with E-state index in [0.717, 1.165) is 19.3 Å². The molecule has 0 aromatic heterocycles. The zero-order valence-corrected chi connectivity index (χ0v) is 7.30. The van der Waals surface area contributed by atoms with Crippen molar-refractivity contribution >= 4 is 5.97 Å². The maximum absolute atomic E-state index is 11.3. The highest BCUT2D eigenvalue weighted by molar-refractivity contribution is 5.78. The second-order valence-corrected chi connectivity index (χ2v) is 4.20. The van der Waals surface area contributed by atoms with Gasteiger partial charge in [-0.05, 0) is 32.1 Å². The van der Waals surface area contributed by atoms with Gasteiger partial charge in [-0.1, -0.05) is 0 Å². The van der Waals surface area contributed by atoms with Crippen molar-refractivity contribution in [3.8, 4) is 0 Å². The maximum atomic E-state index is 11.3. The molecule has 3 aliphatic rings. The first-order valence-electron chi connectivity index (χ1n) is 4.41. The first-order valence-corrected chi connectivity index (χ1v) is 4.41. The Morgan fingerprint density at radius 1 is 1.42 bits per heavy atom. The van der Waals surface area contributed by atoms with Crippen LogP contribution in [-0.2, 0) is 9.53 Å². The van der Waals surface area contributed by atoms with Gasteiger partial charge in [0, 0.05) is 0 Å². The van der Waals surface area contributed by atoms with Gasteiger partial charge in [-0.25, -0.2) is 0 Å². The molecule has 0 aliphatic heterocycles. The molecule has 68 valence electrons. The number of carbonyl (C=O) groups is 1. The van der Waals surface area contributed by atoms with E-state index in [4.69, 9.17) is 4.74 Å². The minimum Gasteiger partial charge on any atom is -0.469 e. The van der Waals surface area contributed by atoms with Crippen LogP contribution in [0.2, 0.25) is 0 Å². The number of aliphatic hydroxyl groups is 1. The third kappa shape index (κ3) is 0.891. The second kappa shape index (κ2) is 2.22. The van der Waals surface area contributed by atoms with Crippen molar-refractivity contribution in [1.29, 1.82) is 0 Å². The third-order valence-electron chi connectivity index (χ3n) is 3.25. The van der Waals surface area contributed by atoms with Crippen molar-refractivity contribution in [3.63, 3.8) is 0 Å². The summed E-state index contributed by atoms with van der Waals surface area (Å²) in [6.07, 6.45) is 3.93. The van der Waals surface area contributed by atoms with Crippen LogP contribution in [0.5, 0.6) is 0 Å².